The molecule has 5 heteroatoms. The van der Waals surface area contributed by atoms with Gasteiger partial charge in [-0.3, -0.25) is 10.1 Å². The number of likely N-dealkylation sites (N-methyl/N-ethyl adjacent to an activating group) is 1. The van der Waals surface area contributed by atoms with Crippen LogP contribution in [0.25, 0.3) is 0 Å². The number of carbonyl (C=O) groups excluding carboxylic acids is 1. The number of aryl methyl sites for hydroxylation is 1. The average molecular weight is 225 g/mol. The van der Waals surface area contributed by atoms with Crippen molar-refractivity contribution in [2.45, 2.75) is 26.8 Å². The molecule has 1 unspecified atom stereocenters. The lowest BCUT2D eigenvalue weighted by molar-refractivity contribution is -0.128. The molecular formula is C11H19N3O2. The first-order valence-corrected chi connectivity index (χ1v) is 5.44. The first-order valence-electron chi connectivity index (χ1n) is 5.44. The fourth-order valence-corrected chi connectivity index (χ4v) is 1.21. The molecule has 0 radical (unpaired) electrons. The van der Waals surface area contributed by atoms with E-state index in [1.807, 2.05) is 20.8 Å². The minimum Gasteiger partial charge on any atom is -0.444 e. The van der Waals surface area contributed by atoms with E-state index in [0.717, 1.165) is 5.76 Å². The summed E-state index contributed by atoms with van der Waals surface area (Å²) in [6.07, 6.45) is 1.67. The summed E-state index contributed by atoms with van der Waals surface area (Å²) in [5, 5.41) is 3.08. The number of amides is 1. The van der Waals surface area contributed by atoms with Gasteiger partial charge >= 0.3 is 0 Å². The summed E-state index contributed by atoms with van der Waals surface area (Å²) < 4.78 is 5.37. The minimum atomic E-state index is -0.0529. The lowest BCUT2D eigenvalue weighted by Crippen LogP contribution is -2.36. The third-order valence-corrected chi connectivity index (χ3v) is 2.47. The van der Waals surface area contributed by atoms with E-state index in [0.29, 0.717) is 19.0 Å². The first kappa shape index (κ1) is 12.7. The van der Waals surface area contributed by atoms with E-state index in [1.165, 1.54) is 0 Å². The van der Waals surface area contributed by atoms with E-state index in [9.17, 15) is 4.79 Å². The van der Waals surface area contributed by atoms with E-state index in [2.05, 4.69) is 10.3 Å². The van der Waals surface area contributed by atoms with E-state index in [4.69, 9.17) is 4.42 Å². The van der Waals surface area contributed by atoms with Crippen molar-refractivity contribution >= 4 is 5.91 Å². The molecule has 0 saturated carbocycles. The lowest BCUT2D eigenvalue weighted by atomic mass is 10.3. The summed E-state index contributed by atoms with van der Waals surface area (Å²) in [6.45, 7) is 6.72. The van der Waals surface area contributed by atoms with Crippen molar-refractivity contribution in [2.75, 3.05) is 20.1 Å². The Morgan fingerprint density at radius 3 is 2.88 bits per heavy atom. The van der Waals surface area contributed by atoms with Crippen LogP contribution < -0.4 is 5.32 Å². The Kier molecular flexibility index (Phi) is 4.49. The first-order chi connectivity index (χ1) is 7.54. The van der Waals surface area contributed by atoms with Gasteiger partial charge in [-0.1, -0.05) is 0 Å². The Morgan fingerprint density at radius 1 is 1.69 bits per heavy atom. The molecule has 1 aromatic heterocycles. The molecule has 0 aliphatic carbocycles. The number of hydrogen-bond acceptors (Lipinski definition) is 4. The van der Waals surface area contributed by atoms with Crippen molar-refractivity contribution in [1.82, 2.24) is 15.2 Å². The van der Waals surface area contributed by atoms with Gasteiger partial charge in [-0.2, -0.15) is 0 Å². The van der Waals surface area contributed by atoms with Crippen LogP contribution >= 0.6 is 0 Å². The SMILES string of the molecule is CCN(C)C(=O)CNC(C)c1ncc(C)o1. The molecule has 1 N–H and O–H groups in total. The van der Waals surface area contributed by atoms with Crippen LogP contribution in [0.2, 0.25) is 0 Å². The van der Waals surface area contributed by atoms with Crippen LogP contribution in [0.15, 0.2) is 10.6 Å². The third kappa shape index (κ3) is 3.34. The van der Waals surface area contributed by atoms with Crippen molar-refractivity contribution in [1.29, 1.82) is 0 Å². The zero-order valence-corrected chi connectivity index (χ0v) is 10.3. The van der Waals surface area contributed by atoms with Gasteiger partial charge in [-0.05, 0) is 20.8 Å². The van der Waals surface area contributed by atoms with Gasteiger partial charge in [-0.25, -0.2) is 4.98 Å². The van der Waals surface area contributed by atoms with Crippen molar-refractivity contribution in [3.63, 3.8) is 0 Å². The second-order valence-corrected chi connectivity index (χ2v) is 3.82. The number of nitrogens with one attached hydrogen (secondary N) is 1. The summed E-state index contributed by atoms with van der Waals surface area (Å²) in [5.41, 5.74) is 0. The second kappa shape index (κ2) is 5.65. The number of oxazole rings is 1. The Hall–Kier alpha value is -1.36. The van der Waals surface area contributed by atoms with Crippen LogP contribution in [0.5, 0.6) is 0 Å². The van der Waals surface area contributed by atoms with E-state index >= 15 is 0 Å². The number of nitrogens with zero attached hydrogens (tertiary/aromatic N) is 2. The molecule has 1 rings (SSSR count). The highest BCUT2D eigenvalue weighted by molar-refractivity contribution is 5.77. The molecule has 1 amide bonds. The highest BCUT2D eigenvalue weighted by Gasteiger charge is 2.13. The molecule has 0 aromatic carbocycles. The summed E-state index contributed by atoms with van der Waals surface area (Å²) in [5.74, 6) is 1.46. The van der Waals surface area contributed by atoms with Gasteiger partial charge in [0.05, 0.1) is 18.8 Å². The van der Waals surface area contributed by atoms with Crippen molar-refractivity contribution in [3.05, 3.63) is 17.8 Å². The number of rotatable bonds is 5. The highest BCUT2D eigenvalue weighted by Crippen LogP contribution is 2.11. The van der Waals surface area contributed by atoms with Gasteiger partial charge in [0.25, 0.3) is 0 Å². The Bertz CT molecular complexity index is 349. The molecule has 0 aliphatic heterocycles. The number of carbonyl (C=O) groups is 1. The molecule has 1 heterocycles. The molecule has 0 saturated heterocycles. The van der Waals surface area contributed by atoms with Crippen LogP contribution in [0.3, 0.4) is 0 Å². The Balaban J connectivity index is 2.41. The van der Waals surface area contributed by atoms with E-state index in [1.54, 1.807) is 18.1 Å². The second-order valence-electron chi connectivity index (χ2n) is 3.82. The van der Waals surface area contributed by atoms with Crippen molar-refractivity contribution < 1.29 is 9.21 Å². The summed E-state index contributed by atoms with van der Waals surface area (Å²) in [6, 6.07) is -0.0529. The number of aromatic nitrogens is 1. The van der Waals surface area contributed by atoms with Gasteiger partial charge in [-0.15, -0.1) is 0 Å². The molecule has 5 nitrogen and oxygen atoms in total. The molecule has 0 bridgehead atoms. The fourth-order valence-electron chi connectivity index (χ4n) is 1.21. The molecule has 1 atom stereocenters. The maximum atomic E-state index is 11.5. The van der Waals surface area contributed by atoms with Crippen LogP contribution in [0.4, 0.5) is 0 Å². The average Bonchev–Trinajstić information content (AvgIpc) is 2.71. The van der Waals surface area contributed by atoms with Crippen molar-refractivity contribution in [3.8, 4) is 0 Å². The molecule has 1 aromatic rings. The topological polar surface area (TPSA) is 58.4 Å². The van der Waals surface area contributed by atoms with Gasteiger partial charge in [0.2, 0.25) is 11.8 Å². The van der Waals surface area contributed by atoms with E-state index in [-0.39, 0.29) is 11.9 Å². The van der Waals surface area contributed by atoms with Gasteiger partial charge < -0.3 is 9.32 Å². The quantitative estimate of drug-likeness (QED) is 0.815. The Labute approximate surface area is 95.8 Å². The maximum absolute atomic E-state index is 11.5. The highest BCUT2D eigenvalue weighted by atomic mass is 16.4. The van der Waals surface area contributed by atoms with Gasteiger partial charge in [0.15, 0.2) is 0 Å². The van der Waals surface area contributed by atoms with Crippen LogP contribution in [-0.2, 0) is 4.79 Å². The maximum Gasteiger partial charge on any atom is 0.236 e. The largest absolute Gasteiger partial charge is 0.444 e. The molecule has 16 heavy (non-hydrogen) atoms. The molecule has 0 fully saturated rings. The lowest BCUT2D eigenvalue weighted by Gasteiger charge is -2.16. The fraction of sp³-hybridized carbons (Fsp3) is 0.636. The smallest absolute Gasteiger partial charge is 0.236 e. The molecule has 0 aliphatic rings. The minimum absolute atomic E-state index is 0.0529. The van der Waals surface area contributed by atoms with Crippen LogP contribution in [-0.4, -0.2) is 35.9 Å². The van der Waals surface area contributed by atoms with Gasteiger partial charge in [0.1, 0.15) is 5.76 Å². The molecular weight excluding hydrogens is 206 g/mol. The van der Waals surface area contributed by atoms with Crippen LogP contribution in [0, 0.1) is 6.92 Å². The van der Waals surface area contributed by atoms with Gasteiger partial charge in [0, 0.05) is 13.6 Å². The summed E-state index contributed by atoms with van der Waals surface area (Å²) in [7, 11) is 1.78. The number of hydrogen-bond donors (Lipinski definition) is 1. The predicted molar refractivity (Wildman–Crippen MR) is 61.0 cm³/mol. The summed E-state index contributed by atoms with van der Waals surface area (Å²) >= 11 is 0. The monoisotopic (exact) mass is 225 g/mol. The third-order valence-electron chi connectivity index (χ3n) is 2.47. The predicted octanol–water partition coefficient (Wildman–Crippen LogP) is 1.11. The zero-order chi connectivity index (χ0) is 12.1. The van der Waals surface area contributed by atoms with E-state index < -0.39 is 0 Å². The van der Waals surface area contributed by atoms with Crippen molar-refractivity contribution in [2.24, 2.45) is 0 Å². The molecule has 0 spiro atoms. The normalized spacial score (nSPS) is 12.5. The Morgan fingerprint density at radius 2 is 2.38 bits per heavy atom. The standard InChI is InChI=1S/C11H19N3O2/c1-5-14(4)10(15)7-12-9(3)11-13-6-8(2)16-11/h6,9,12H,5,7H2,1-4H3. The zero-order valence-electron chi connectivity index (χ0n) is 10.3. The summed E-state index contributed by atoms with van der Waals surface area (Å²) in [4.78, 5) is 17.3. The molecule has 90 valence electrons. The van der Waals surface area contributed by atoms with Crippen LogP contribution in [0.1, 0.15) is 31.5 Å².